The van der Waals surface area contributed by atoms with Crippen molar-refractivity contribution in [2.75, 3.05) is 40.1 Å². The van der Waals surface area contributed by atoms with Crippen LogP contribution in [0.2, 0.25) is 0 Å². The first-order chi connectivity index (χ1) is 14.3. The molecule has 0 radical (unpaired) electrons. The molecule has 2 rings (SSSR count). The van der Waals surface area contributed by atoms with Crippen LogP contribution in [-0.4, -0.2) is 91.2 Å². The standard InChI is InChI=1S/C21H34F2N2O6/c1-7-12-29-17(26)20(5,30-14-28-6)9-11-24-10-8-15-16(24)21(22,23)13-25(15)18(27)31-19(2,3)4/h7,15-16H,1,8-14H2,2-6H3/t15-,16+,20?/m0/s1. The quantitative estimate of drug-likeness (QED) is 0.305. The van der Waals surface area contributed by atoms with Crippen molar-refractivity contribution < 1.29 is 37.3 Å². The Morgan fingerprint density at radius 3 is 2.52 bits per heavy atom. The van der Waals surface area contributed by atoms with Crippen molar-refractivity contribution in [2.24, 2.45) is 0 Å². The van der Waals surface area contributed by atoms with Gasteiger partial charge in [0.15, 0.2) is 5.60 Å². The van der Waals surface area contributed by atoms with Gasteiger partial charge in [0.2, 0.25) is 0 Å². The maximum atomic E-state index is 14.9. The zero-order valence-corrected chi connectivity index (χ0v) is 19.0. The molecule has 0 spiro atoms. The highest BCUT2D eigenvalue weighted by molar-refractivity contribution is 5.79. The van der Waals surface area contributed by atoms with Crippen molar-refractivity contribution in [3.63, 3.8) is 0 Å². The lowest BCUT2D eigenvalue weighted by molar-refractivity contribution is -0.185. The molecule has 2 heterocycles. The van der Waals surface area contributed by atoms with Crippen LogP contribution in [0.15, 0.2) is 12.7 Å². The number of ether oxygens (including phenoxy) is 4. The molecule has 10 heteroatoms. The summed E-state index contributed by atoms with van der Waals surface area (Å²) in [5.74, 6) is -3.71. The first-order valence-corrected chi connectivity index (χ1v) is 10.4. The molecule has 1 unspecified atom stereocenters. The van der Waals surface area contributed by atoms with Gasteiger partial charge in [-0.15, -0.1) is 0 Å². The van der Waals surface area contributed by atoms with E-state index in [1.54, 1.807) is 32.6 Å². The van der Waals surface area contributed by atoms with Crippen molar-refractivity contribution in [3.8, 4) is 0 Å². The average molecular weight is 449 g/mol. The number of methoxy groups -OCH3 is 1. The van der Waals surface area contributed by atoms with Crippen LogP contribution in [0.25, 0.3) is 0 Å². The number of rotatable bonds is 9. The average Bonchev–Trinajstić information content (AvgIpc) is 3.21. The molecule has 2 aliphatic rings. The first kappa shape index (κ1) is 25.5. The number of hydrogen-bond donors (Lipinski definition) is 0. The van der Waals surface area contributed by atoms with Crippen LogP contribution in [-0.2, 0) is 23.7 Å². The topological polar surface area (TPSA) is 77.5 Å². The van der Waals surface area contributed by atoms with E-state index in [0.717, 1.165) is 4.90 Å². The van der Waals surface area contributed by atoms with Gasteiger partial charge in [0.25, 0.3) is 5.92 Å². The molecule has 0 aliphatic carbocycles. The van der Waals surface area contributed by atoms with Gasteiger partial charge in [0.1, 0.15) is 19.0 Å². The molecule has 0 saturated carbocycles. The summed E-state index contributed by atoms with van der Waals surface area (Å²) in [6.45, 7) is 9.87. The molecule has 8 nitrogen and oxygen atoms in total. The summed E-state index contributed by atoms with van der Waals surface area (Å²) in [6.07, 6.45) is 1.22. The maximum absolute atomic E-state index is 14.9. The highest BCUT2D eigenvalue weighted by Crippen LogP contribution is 2.42. The third-order valence-corrected chi connectivity index (χ3v) is 5.45. The highest BCUT2D eigenvalue weighted by Gasteiger charge is 2.61. The van der Waals surface area contributed by atoms with E-state index < -0.39 is 47.8 Å². The van der Waals surface area contributed by atoms with E-state index in [1.165, 1.54) is 13.2 Å². The zero-order chi connectivity index (χ0) is 23.4. The fourth-order valence-corrected chi connectivity index (χ4v) is 3.99. The van der Waals surface area contributed by atoms with Gasteiger partial charge in [0.05, 0.1) is 18.6 Å². The van der Waals surface area contributed by atoms with Gasteiger partial charge in [-0.3, -0.25) is 9.80 Å². The lowest BCUT2D eigenvalue weighted by Gasteiger charge is -2.32. The minimum atomic E-state index is -3.09. The van der Waals surface area contributed by atoms with E-state index >= 15 is 0 Å². The number of fused-ring (bicyclic) bond motifs is 1. The van der Waals surface area contributed by atoms with Crippen molar-refractivity contribution >= 4 is 12.1 Å². The molecule has 2 aliphatic heterocycles. The summed E-state index contributed by atoms with van der Waals surface area (Å²) in [5, 5.41) is 0. The van der Waals surface area contributed by atoms with Crippen LogP contribution in [0.4, 0.5) is 13.6 Å². The Bertz CT molecular complexity index is 669. The number of likely N-dealkylation sites (tertiary alicyclic amines) is 2. The lowest BCUT2D eigenvalue weighted by atomic mass is 10.0. The number of alkyl halides is 2. The van der Waals surface area contributed by atoms with E-state index in [4.69, 9.17) is 18.9 Å². The van der Waals surface area contributed by atoms with E-state index in [-0.39, 0.29) is 26.4 Å². The van der Waals surface area contributed by atoms with E-state index in [2.05, 4.69) is 6.58 Å². The molecule has 3 atom stereocenters. The second-order valence-electron chi connectivity index (χ2n) is 9.12. The van der Waals surface area contributed by atoms with Gasteiger partial charge in [0, 0.05) is 20.2 Å². The largest absolute Gasteiger partial charge is 0.459 e. The normalized spacial score (nSPS) is 25.1. The van der Waals surface area contributed by atoms with Crippen LogP contribution < -0.4 is 0 Å². The van der Waals surface area contributed by atoms with E-state index in [1.807, 2.05) is 0 Å². The SMILES string of the molecule is C=CCOC(=O)C(C)(CCN1CC[C@H]2[C@@H]1C(F)(F)CN2C(=O)OC(C)(C)C)OCOC. The van der Waals surface area contributed by atoms with Gasteiger partial charge in [-0.25, -0.2) is 18.4 Å². The third-order valence-electron chi connectivity index (χ3n) is 5.45. The van der Waals surface area contributed by atoms with Crippen LogP contribution >= 0.6 is 0 Å². The minimum absolute atomic E-state index is 0.0160. The number of carbonyl (C=O) groups excluding carboxylic acids is 2. The first-order valence-electron chi connectivity index (χ1n) is 10.4. The highest BCUT2D eigenvalue weighted by atomic mass is 19.3. The van der Waals surface area contributed by atoms with Crippen molar-refractivity contribution in [2.45, 2.75) is 69.7 Å². The van der Waals surface area contributed by atoms with E-state index in [9.17, 15) is 18.4 Å². The Hall–Kier alpha value is -1.78. The second-order valence-corrected chi connectivity index (χ2v) is 9.12. The number of hydrogen-bond acceptors (Lipinski definition) is 7. The second kappa shape index (κ2) is 9.79. The van der Waals surface area contributed by atoms with Gasteiger partial charge < -0.3 is 18.9 Å². The summed E-state index contributed by atoms with van der Waals surface area (Å²) < 4.78 is 50.7. The number of halogens is 2. The molecule has 0 N–H and O–H groups in total. The predicted octanol–water partition coefficient (Wildman–Crippen LogP) is 2.81. The lowest BCUT2D eigenvalue weighted by Crippen LogP contribution is -2.49. The third kappa shape index (κ3) is 6.14. The van der Waals surface area contributed by atoms with Crippen LogP contribution in [0.5, 0.6) is 0 Å². The summed E-state index contributed by atoms with van der Waals surface area (Å²) in [7, 11) is 1.42. The monoisotopic (exact) mass is 448 g/mol. The van der Waals surface area contributed by atoms with E-state index in [0.29, 0.717) is 13.0 Å². The van der Waals surface area contributed by atoms with Gasteiger partial charge in [-0.2, -0.15) is 0 Å². The fourth-order valence-electron chi connectivity index (χ4n) is 3.99. The summed E-state index contributed by atoms with van der Waals surface area (Å²) >= 11 is 0. The molecule has 2 saturated heterocycles. The smallest absolute Gasteiger partial charge is 0.410 e. The van der Waals surface area contributed by atoms with Gasteiger partial charge in [-0.05, 0) is 40.5 Å². The maximum Gasteiger partial charge on any atom is 0.410 e. The Labute approximate surface area is 182 Å². The molecule has 0 aromatic carbocycles. The van der Waals surface area contributed by atoms with Crippen molar-refractivity contribution in [1.29, 1.82) is 0 Å². The van der Waals surface area contributed by atoms with Gasteiger partial charge >= 0.3 is 12.1 Å². The number of nitrogens with zero attached hydrogens (tertiary/aromatic N) is 2. The summed E-state index contributed by atoms with van der Waals surface area (Å²) in [4.78, 5) is 27.7. The molecule has 0 bridgehead atoms. The molecule has 1 amide bonds. The Kier molecular flexibility index (Phi) is 8.04. The van der Waals surface area contributed by atoms with Crippen molar-refractivity contribution in [1.82, 2.24) is 9.80 Å². The molecule has 2 fully saturated rings. The van der Waals surface area contributed by atoms with Crippen LogP contribution in [0.3, 0.4) is 0 Å². The molecule has 0 aromatic heterocycles. The number of carbonyl (C=O) groups is 2. The summed E-state index contributed by atoms with van der Waals surface area (Å²) in [6, 6.07) is -1.79. The number of esters is 1. The predicted molar refractivity (Wildman–Crippen MR) is 109 cm³/mol. The molecular weight excluding hydrogens is 414 g/mol. The molecular formula is C21H34F2N2O6. The minimum Gasteiger partial charge on any atom is -0.459 e. The van der Waals surface area contributed by atoms with Gasteiger partial charge in [-0.1, -0.05) is 12.7 Å². The van der Waals surface area contributed by atoms with Crippen LogP contribution in [0.1, 0.15) is 40.5 Å². The Balaban J connectivity index is 2.09. The molecule has 0 aromatic rings. The molecule has 31 heavy (non-hydrogen) atoms. The van der Waals surface area contributed by atoms with Crippen molar-refractivity contribution in [3.05, 3.63) is 12.7 Å². The van der Waals surface area contributed by atoms with Crippen LogP contribution in [0, 0.1) is 0 Å². The Morgan fingerprint density at radius 2 is 1.94 bits per heavy atom. The Morgan fingerprint density at radius 1 is 1.26 bits per heavy atom. The fraction of sp³-hybridized carbons (Fsp3) is 0.810. The number of amides is 1. The zero-order valence-electron chi connectivity index (χ0n) is 19.0. The summed E-state index contributed by atoms with van der Waals surface area (Å²) in [5.41, 5.74) is -2.13. The molecule has 178 valence electrons.